The third-order valence-corrected chi connectivity index (χ3v) is 3.79. The van der Waals surface area contributed by atoms with Crippen LogP contribution < -0.4 is 19.5 Å². The van der Waals surface area contributed by atoms with Crippen molar-refractivity contribution in [2.45, 2.75) is 0 Å². The van der Waals surface area contributed by atoms with Gasteiger partial charge in [-0.3, -0.25) is 4.79 Å². The Bertz CT molecular complexity index is 856. The van der Waals surface area contributed by atoms with Gasteiger partial charge in [-0.1, -0.05) is 17.7 Å². The average molecular weight is 406 g/mol. The van der Waals surface area contributed by atoms with E-state index in [-0.39, 0.29) is 0 Å². The van der Waals surface area contributed by atoms with Gasteiger partial charge in [0.2, 0.25) is 5.75 Å². The van der Waals surface area contributed by atoms with E-state index in [1.54, 1.807) is 36.4 Å². The highest BCUT2D eigenvalue weighted by atomic mass is 35.5. The number of ether oxygens (including phenoxy) is 4. The van der Waals surface area contributed by atoms with Crippen LogP contribution in [0.5, 0.6) is 17.2 Å². The van der Waals surface area contributed by atoms with E-state index in [9.17, 15) is 9.59 Å². The van der Waals surface area contributed by atoms with E-state index >= 15 is 0 Å². The Balaban J connectivity index is 1.95. The lowest BCUT2D eigenvalue weighted by Crippen LogP contribution is -2.20. The van der Waals surface area contributed by atoms with Crippen LogP contribution in [0, 0.1) is 0 Å². The fourth-order valence-electron chi connectivity index (χ4n) is 2.31. The Hall–Kier alpha value is -3.19. The quantitative estimate of drug-likeness (QED) is 0.534. The van der Waals surface area contributed by atoms with Crippen molar-refractivity contribution in [3.63, 3.8) is 0 Å². The number of carbonyl (C=O) groups excluding carboxylic acids is 2. The number of methoxy groups -OCH3 is 3. The molecule has 0 aliphatic rings. The number of amides is 1. The number of esters is 1. The van der Waals surface area contributed by atoms with E-state index in [4.69, 9.17) is 30.5 Å². The molecule has 0 aromatic heterocycles. The van der Waals surface area contributed by atoms with Gasteiger partial charge < -0.3 is 24.3 Å². The van der Waals surface area contributed by atoms with Crippen molar-refractivity contribution >= 4 is 35.2 Å². The van der Waals surface area contributed by atoms with Crippen LogP contribution in [0.3, 0.4) is 0 Å². The van der Waals surface area contributed by atoms with Gasteiger partial charge in [-0.15, -0.1) is 0 Å². The molecule has 0 bridgehead atoms. The molecule has 7 nitrogen and oxygen atoms in total. The SMILES string of the molecule is COc1cc(C=CC(=O)OCC(=O)Nc2cccc(Cl)c2)cc(OC)c1OC. The molecule has 2 aromatic rings. The molecule has 1 amide bonds. The second-order valence-electron chi connectivity index (χ2n) is 5.46. The van der Waals surface area contributed by atoms with Crippen LogP contribution >= 0.6 is 11.6 Å². The van der Waals surface area contributed by atoms with Gasteiger partial charge in [0.1, 0.15) is 0 Å². The first-order chi connectivity index (χ1) is 13.5. The van der Waals surface area contributed by atoms with Crippen LogP contribution in [-0.4, -0.2) is 39.8 Å². The first-order valence-electron chi connectivity index (χ1n) is 8.17. The molecule has 0 saturated carbocycles. The molecular weight excluding hydrogens is 386 g/mol. The van der Waals surface area contributed by atoms with Crippen LogP contribution in [0.4, 0.5) is 5.69 Å². The summed E-state index contributed by atoms with van der Waals surface area (Å²) in [5.74, 6) is 0.209. The predicted octanol–water partition coefficient (Wildman–Crippen LogP) is 3.56. The zero-order valence-electron chi connectivity index (χ0n) is 15.7. The predicted molar refractivity (Wildman–Crippen MR) is 106 cm³/mol. The molecule has 0 fully saturated rings. The summed E-state index contributed by atoms with van der Waals surface area (Å²) in [6.45, 7) is -0.426. The molecule has 0 heterocycles. The molecule has 0 spiro atoms. The zero-order valence-corrected chi connectivity index (χ0v) is 16.4. The van der Waals surface area contributed by atoms with Gasteiger partial charge in [0.25, 0.3) is 5.91 Å². The number of rotatable bonds is 8. The van der Waals surface area contributed by atoms with Crippen molar-refractivity contribution in [3.8, 4) is 17.2 Å². The van der Waals surface area contributed by atoms with E-state index in [2.05, 4.69) is 5.32 Å². The maximum atomic E-state index is 11.9. The lowest BCUT2D eigenvalue weighted by Gasteiger charge is -2.12. The first kappa shape index (κ1) is 21.1. The van der Waals surface area contributed by atoms with Crippen LogP contribution in [0.25, 0.3) is 6.08 Å². The summed E-state index contributed by atoms with van der Waals surface area (Å²) in [5, 5.41) is 3.07. The molecule has 148 valence electrons. The van der Waals surface area contributed by atoms with E-state index in [1.807, 2.05) is 0 Å². The lowest BCUT2D eigenvalue weighted by atomic mass is 10.1. The Labute approximate surface area is 167 Å². The Kier molecular flexibility index (Phi) is 7.71. The summed E-state index contributed by atoms with van der Waals surface area (Å²) in [5.41, 5.74) is 1.15. The molecule has 2 rings (SSSR count). The molecule has 1 N–H and O–H groups in total. The maximum absolute atomic E-state index is 11.9. The third-order valence-electron chi connectivity index (χ3n) is 3.55. The number of benzene rings is 2. The second-order valence-corrected chi connectivity index (χ2v) is 5.89. The maximum Gasteiger partial charge on any atom is 0.331 e. The van der Waals surface area contributed by atoms with E-state index in [0.29, 0.717) is 33.5 Å². The fraction of sp³-hybridized carbons (Fsp3) is 0.200. The van der Waals surface area contributed by atoms with Crippen molar-refractivity contribution in [2.24, 2.45) is 0 Å². The van der Waals surface area contributed by atoms with Crippen LogP contribution in [0.15, 0.2) is 42.5 Å². The number of anilines is 1. The summed E-state index contributed by atoms with van der Waals surface area (Å²) < 4.78 is 20.7. The minimum Gasteiger partial charge on any atom is -0.493 e. The standard InChI is InChI=1S/C20H20ClNO6/c1-25-16-9-13(10-17(26-2)20(16)27-3)7-8-19(24)28-12-18(23)22-15-6-4-5-14(21)11-15/h4-11H,12H2,1-3H3,(H,22,23). The molecule has 0 unspecified atom stereocenters. The van der Waals surface area contributed by atoms with Gasteiger partial charge in [0.15, 0.2) is 18.1 Å². The van der Waals surface area contributed by atoms with Gasteiger partial charge in [0, 0.05) is 16.8 Å². The first-order valence-corrected chi connectivity index (χ1v) is 8.55. The normalized spacial score (nSPS) is 10.4. The topological polar surface area (TPSA) is 83.1 Å². The van der Waals surface area contributed by atoms with Crippen LogP contribution in [-0.2, 0) is 14.3 Å². The van der Waals surface area contributed by atoms with Crippen molar-refractivity contribution in [1.29, 1.82) is 0 Å². The number of nitrogens with one attached hydrogen (secondary N) is 1. The van der Waals surface area contributed by atoms with Crippen molar-refractivity contribution in [1.82, 2.24) is 0 Å². The summed E-state index contributed by atoms with van der Waals surface area (Å²) in [4.78, 5) is 23.7. The van der Waals surface area contributed by atoms with Gasteiger partial charge in [-0.05, 0) is 42.0 Å². The monoisotopic (exact) mass is 405 g/mol. The summed E-state index contributed by atoms with van der Waals surface area (Å²) in [6, 6.07) is 10.0. The van der Waals surface area contributed by atoms with E-state index in [1.165, 1.54) is 33.5 Å². The second kappa shape index (κ2) is 10.2. The highest BCUT2D eigenvalue weighted by Crippen LogP contribution is 2.38. The third kappa shape index (κ3) is 5.92. The largest absolute Gasteiger partial charge is 0.493 e. The van der Waals surface area contributed by atoms with E-state index in [0.717, 1.165) is 0 Å². The van der Waals surface area contributed by atoms with Crippen LogP contribution in [0.1, 0.15) is 5.56 Å². The van der Waals surface area contributed by atoms with Gasteiger partial charge in [-0.2, -0.15) is 0 Å². The average Bonchev–Trinajstić information content (AvgIpc) is 2.69. The fourth-order valence-corrected chi connectivity index (χ4v) is 2.50. The highest BCUT2D eigenvalue weighted by Gasteiger charge is 2.12. The summed E-state index contributed by atoms with van der Waals surface area (Å²) >= 11 is 5.85. The molecule has 2 aromatic carbocycles. The Morgan fingerprint density at radius 1 is 1.04 bits per heavy atom. The molecule has 0 atom stereocenters. The van der Waals surface area contributed by atoms with Gasteiger partial charge >= 0.3 is 5.97 Å². The van der Waals surface area contributed by atoms with Gasteiger partial charge in [0.05, 0.1) is 21.3 Å². The van der Waals surface area contributed by atoms with Crippen molar-refractivity contribution in [3.05, 3.63) is 53.1 Å². The number of hydrogen-bond acceptors (Lipinski definition) is 6. The highest BCUT2D eigenvalue weighted by molar-refractivity contribution is 6.30. The minimum atomic E-state index is -0.671. The molecule has 0 radical (unpaired) electrons. The summed E-state index contributed by atoms with van der Waals surface area (Å²) in [6.07, 6.45) is 2.72. The number of hydrogen-bond donors (Lipinski definition) is 1. The lowest BCUT2D eigenvalue weighted by molar-refractivity contribution is -0.142. The molecular formula is C20H20ClNO6. The van der Waals surface area contributed by atoms with Crippen molar-refractivity contribution < 1.29 is 28.5 Å². The molecule has 28 heavy (non-hydrogen) atoms. The van der Waals surface area contributed by atoms with Crippen molar-refractivity contribution in [2.75, 3.05) is 33.3 Å². The minimum absolute atomic E-state index is 0.426. The smallest absolute Gasteiger partial charge is 0.331 e. The number of carbonyl (C=O) groups is 2. The summed E-state index contributed by atoms with van der Waals surface area (Å²) in [7, 11) is 4.50. The number of halogens is 1. The zero-order chi connectivity index (χ0) is 20.5. The molecule has 0 aliphatic carbocycles. The molecule has 8 heteroatoms. The molecule has 0 saturated heterocycles. The molecule has 0 aliphatic heterocycles. The van der Waals surface area contributed by atoms with Gasteiger partial charge in [-0.25, -0.2) is 4.79 Å². The Morgan fingerprint density at radius 3 is 2.29 bits per heavy atom. The Morgan fingerprint density at radius 2 is 1.71 bits per heavy atom. The van der Waals surface area contributed by atoms with Crippen LogP contribution in [0.2, 0.25) is 5.02 Å². The van der Waals surface area contributed by atoms with E-state index < -0.39 is 18.5 Å².